The first kappa shape index (κ1) is 12.2. The number of nitrogens with zero attached hydrogens (tertiary/aromatic N) is 1. The van der Waals surface area contributed by atoms with E-state index in [1.165, 1.54) is 11.8 Å². The van der Waals surface area contributed by atoms with Crippen LogP contribution in [-0.4, -0.2) is 32.7 Å². The Morgan fingerprint density at radius 1 is 1.60 bits per heavy atom. The molecular formula is C9H12N2O2S2. The van der Waals surface area contributed by atoms with E-state index in [4.69, 9.17) is 24.4 Å². The summed E-state index contributed by atoms with van der Waals surface area (Å²) < 4.78 is 0. The lowest BCUT2D eigenvalue weighted by molar-refractivity contribution is -0.130. The van der Waals surface area contributed by atoms with Gasteiger partial charge >= 0.3 is 0 Å². The number of hydrogen-bond acceptors (Lipinski definition) is 4. The van der Waals surface area contributed by atoms with Gasteiger partial charge in [0.15, 0.2) is 5.11 Å². The third-order valence-corrected chi connectivity index (χ3v) is 2.97. The van der Waals surface area contributed by atoms with Crippen LogP contribution in [0.5, 0.6) is 0 Å². The number of carbonyl (C=O) groups is 2. The molecular weight excluding hydrogens is 232 g/mol. The molecule has 0 spiro atoms. The van der Waals surface area contributed by atoms with Gasteiger partial charge in [0, 0.05) is 13.3 Å². The van der Waals surface area contributed by atoms with Crippen LogP contribution in [0, 0.1) is 0 Å². The quantitative estimate of drug-likeness (QED) is 0.746. The number of carbonyl (C=O) groups excluding carboxylic acids is 2. The Bertz CT molecular complexity index is 341. The number of amides is 2. The zero-order valence-corrected chi connectivity index (χ0v) is 10.2. The molecule has 0 aliphatic carbocycles. The highest BCUT2D eigenvalue weighted by molar-refractivity contribution is 7.80. The Balaban J connectivity index is 2.84. The number of rotatable bonds is 3. The van der Waals surface area contributed by atoms with Gasteiger partial charge in [-0.3, -0.25) is 14.5 Å². The highest BCUT2D eigenvalue weighted by Crippen LogP contribution is 2.14. The van der Waals surface area contributed by atoms with Gasteiger partial charge < -0.3 is 5.32 Å². The zero-order chi connectivity index (χ0) is 11.6. The predicted octanol–water partition coefficient (Wildman–Crippen LogP) is 0.788. The molecule has 1 fully saturated rings. The topological polar surface area (TPSA) is 49.4 Å². The standard InChI is InChI=1S/C9H12N2O2S2/c1-3-6(14)4-7-8(13)10-9(15)11(7)5(2)12/h7H,3-4H2,1-2H3,(H,10,13,15). The van der Waals surface area contributed by atoms with E-state index in [-0.39, 0.29) is 16.9 Å². The minimum absolute atomic E-state index is 0.177. The van der Waals surface area contributed by atoms with Crippen LogP contribution in [0.2, 0.25) is 0 Å². The molecule has 0 aromatic rings. The van der Waals surface area contributed by atoms with E-state index < -0.39 is 6.04 Å². The van der Waals surface area contributed by atoms with E-state index in [2.05, 4.69) is 5.32 Å². The van der Waals surface area contributed by atoms with Crippen LogP contribution in [0.25, 0.3) is 0 Å². The maximum Gasteiger partial charge on any atom is 0.249 e. The van der Waals surface area contributed by atoms with Gasteiger partial charge in [-0.1, -0.05) is 19.1 Å². The summed E-state index contributed by atoms with van der Waals surface area (Å²) in [6, 6.07) is -0.553. The third-order valence-electron chi connectivity index (χ3n) is 2.22. The lowest BCUT2D eigenvalue weighted by Gasteiger charge is -2.19. The molecule has 0 radical (unpaired) electrons. The Labute approximate surface area is 99.0 Å². The van der Waals surface area contributed by atoms with Gasteiger partial charge in [-0.15, -0.1) is 0 Å². The summed E-state index contributed by atoms with van der Waals surface area (Å²) in [5, 5.41) is 2.64. The zero-order valence-electron chi connectivity index (χ0n) is 8.57. The Morgan fingerprint density at radius 3 is 2.67 bits per heavy atom. The molecule has 1 atom stereocenters. The van der Waals surface area contributed by atoms with Crippen molar-refractivity contribution in [2.24, 2.45) is 0 Å². The maximum absolute atomic E-state index is 11.5. The average molecular weight is 244 g/mol. The summed E-state index contributed by atoms with van der Waals surface area (Å²) >= 11 is 9.95. The molecule has 1 rings (SSSR count). The molecule has 1 heterocycles. The molecule has 0 bridgehead atoms. The fraction of sp³-hybridized carbons (Fsp3) is 0.556. The van der Waals surface area contributed by atoms with Gasteiger partial charge in [-0.05, 0) is 23.5 Å². The molecule has 1 N–H and O–H groups in total. The van der Waals surface area contributed by atoms with Crippen LogP contribution in [0.1, 0.15) is 26.7 Å². The number of hydrogen-bond donors (Lipinski definition) is 1. The number of thiocarbonyl (C=S) groups is 2. The second-order valence-corrected chi connectivity index (χ2v) is 4.26. The van der Waals surface area contributed by atoms with Crippen molar-refractivity contribution in [3.8, 4) is 0 Å². The van der Waals surface area contributed by atoms with Crippen molar-refractivity contribution in [1.29, 1.82) is 0 Å². The fourth-order valence-electron chi connectivity index (χ4n) is 1.41. The smallest absolute Gasteiger partial charge is 0.249 e. The van der Waals surface area contributed by atoms with Crippen LogP contribution >= 0.6 is 24.4 Å². The average Bonchev–Trinajstić information content (AvgIpc) is 2.41. The van der Waals surface area contributed by atoms with E-state index in [1.807, 2.05) is 6.92 Å². The highest BCUT2D eigenvalue weighted by atomic mass is 32.1. The van der Waals surface area contributed by atoms with Crippen molar-refractivity contribution in [2.45, 2.75) is 32.7 Å². The Morgan fingerprint density at radius 2 is 2.20 bits per heavy atom. The second kappa shape index (κ2) is 4.76. The molecule has 1 aliphatic heterocycles. The molecule has 0 aromatic heterocycles. The van der Waals surface area contributed by atoms with Crippen LogP contribution < -0.4 is 5.32 Å². The molecule has 0 aromatic carbocycles. The van der Waals surface area contributed by atoms with Crippen molar-refractivity contribution in [1.82, 2.24) is 10.2 Å². The summed E-state index contributed by atoms with van der Waals surface area (Å²) in [6.45, 7) is 3.31. The van der Waals surface area contributed by atoms with E-state index >= 15 is 0 Å². The molecule has 1 unspecified atom stereocenters. The Kier molecular flexibility index (Phi) is 3.87. The lowest BCUT2D eigenvalue weighted by atomic mass is 10.1. The van der Waals surface area contributed by atoms with Gasteiger partial charge in [0.2, 0.25) is 11.8 Å². The first-order chi connectivity index (χ1) is 6.97. The van der Waals surface area contributed by atoms with Gasteiger partial charge in [-0.2, -0.15) is 0 Å². The lowest BCUT2D eigenvalue weighted by Crippen LogP contribution is -2.39. The molecule has 1 saturated heterocycles. The van der Waals surface area contributed by atoms with Gasteiger partial charge in [0.05, 0.1) is 0 Å². The predicted molar refractivity (Wildman–Crippen MR) is 64.6 cm³/mol. The van der Waals surface area contributed by atoms with E-state index in [1.54, 1.807) is 0 Å². The summed E-state index contributed by atoms with van der Waals surface area (Å²) in [4.78, 5) is 24.8. The van der Waals surface area contributed by atoms with Crippen molar-refractivity contribution in [3.05, 3.63) is 0 Å². The first-order valence-corrected chi connectivity index (χ1v) is 5.45. The monoisotopic (exact) mass is 244 g/mol. The van der Waals surface area contributed by atoms with Crippen LogP contribution in [0.4, 0.5) is 0 Å². The molecule has 15 heavy (non-hydrogen) atoms. The fourth-order valence-corrected chi connectivity index (χ4v) is 1.93. The molecule has 82 valence electrons. The van der Waals surface area contributed by atoms with Crippen molar-refractivity contribution in [3.63, 3.8) is 0 Å². The van der Waals surface area contributed by atoms with E-state index in [0.717, 1.165) is 11.3 Å². The van der Waals surface area contributed by atoms with Crippen LogP contribution in [0.15, 0.2) is 0 Å². The molecule has 4 nitrogen and oxygen atoms in total. The normalized spacial score (nSPS) is 20.4. The van der Waals surface area contributed by atoms with Crippen molar-refractivity contribution in [2.75, 3.05) is 0 Å². The SMILES string of the molecule is CCC(=S)CC1C(=O)NC(=S)N1C(C)=O. The molecule has 2 amide bonds. The molecule has 6 heteroatoms. The third kappa shape index (κ3) is 2.57. The summed E-state index contributed by atoms with van der Waals surface area (Å²) in [7, 11) is 0. The number of nitrogens with one attached hydrogen (secondary N) is 1. The first-order valence-electron chi connectivity index (χ1n) is 4.63. The summed E-state index contributed by atoms with van der Waals surface area (Å²) in [5.41, 5.74) is 0. The highest BCUT2D eigenvalue weighted by Gasteiger charge is 2.38. The molecule has 0 saturated carbocycles. The van der Waals surface area contributed by atoms with Gasteiger partial charge in [0.1, 0.15) is 6.04 Å². The minimum Gasteiger partial charge on any atom is -0.301 e. The van der Waals surface area contributed by atoms with E-state index in [0.29, 0.717) is 6.42 Å². The van der Waals surface area contributed by atoms with Crippen LogP contribution in [0.3, 0.4) is 0 Å². The minimum atomic E-state index is -0.553. The van der Waals surface area contributed by atoms with E-state index in [9.17, 15) is 9.59 Å². The maximum atomic E-state index is 11.5. The van der Waals surface area contributed by atoms with Gasteiger partial charge in [0.25, 0.3) is 0 Å². The summed E-state index contributed by atoms with van der Waals surface area (Å²) in [5.74, 6) is -0.478. The largest absolute Gasteiger partial charge is 0.301 e. The summed E-state index contributed by atoms with van der Waals surface area (Å²) in [6.07, 6.45) is 1.12. The van der Waals surface area contributed by atoms with Crippen molar-refractivity contribution >= 4 is 46.2 Å². The van der Waals surface area contributed by atoms with Crippen molar-refractivity contribution < 1.29 is 9.59 Å². The Hall–Kier alpha value is -0.880. The molecule has 1 aliphatic rings. The van der Waals surface area contributed by atoms with Crippen LogP contribution in [-0.2, 0) is 9.59 Å². The second-order valence-electron chi connectivity index (χ2n) is 3.30. The van der Waals surface area contributed by atoms with Gasteiger partial charge in [-0.25, -0.2) is 0 Å².